The van der Waals surface area contributed by atoms with Crippen molar-refractivity contribution in [2.75, 3.05) is 6.61 Å². The Morgan fingerprint density at radius 2 is 1.60 bits per heavy atom. The SMILES string of the molecule is Cc1ccccc1CC(=O)NC(C)c1nc2ccccc2n1CCCCOc1c(C)cccc1C. The molecule has 1 amide bonds. The fourth-order valence-electron chi connectivity index (χ4n) is 4.57. The van der Waals surface area contributed by atoms with Crippen LogP contribution in [-0.4, -0.2) is 22.1 Å². The van der Waals surface area contributed by atoms with Crippen molar-refractivity contribution in [2.45, 2.75) is 59.5 Å². The van der Waals surface area contributed by atoms with Gasteiger partial charge in [0, 0.05) is 6.54 Å². The van der Waals surface area contributed by atoms with E-state index in [9.17, 15) is 4.79 Å². The second kappa shape index (κ2) is 11.2. The van der Waals surface area contributed by atoms with Crippen molar-refractivity contribution in [1.82, 2.24) is 14.9 Å². The van der Waals surface area contributed by atoms with E-state index in [4.69, 9.17) is 9.72 Å². The summed E-state index contributed by atoms with van der Waals surface area (Å²) < 4.78 is 8.33. The van der Waals surface area contributed by atoms with Crippen LogP contribution >= 0.6 is 0 Å². The summed E-state index contributed by atoms with van der Waals surface area (Å²) in [7, 11) is 0. The Labute approximate surface area is 208 Å². The van der Waals surface area contributed by atoms with Crippen molar-refractivity contribution in [3.63, 3.8) is 0 Å². The van der Waals surface area contributed by atoms with Gasteiger partial charge in [0.25, 0.3) is 0 Å². The third-order valence-corrected chi connectivity index (χ3v) is 6.49. The molecule has 1 atom stereocenters. The highest BCUT2D eigenvalue weighted by Crippen LogP contribution is 2.24. The Morgan fingerprint density at radius 3 is 2.37 bits per heavy atom. The van der Waals surface area contributed by atoms with Crippen LogP contribution in [-0.2, 0) is 17.8 Å². The summed E-state index contributed by atoms with van der Waals surface area (Å²) in [6, 6.07) is 22.2. The van der Waals surface area contributed by atoms with E-state index < -0.39 is 0 Å². The van der Waals surface area contributed by atoms with Gasteiger partial charge in [0.05, 0.1) is 30.1 Å². The number of para-hydroxylation sites is 3. The maximum absolute atomic E-state index is 12.8. The van der Waals surface area contributed by atoms with Crippen molar-refractivity contribution in [3.05, 3.63) is 94.8 Å². The number of imidazole rings is 1. The fourth-order valence-corrected chi connectivity index (χ4v) is 4.57. The van der Waals surface area contributed by atoms with Gasteiger partial charge in [-0.05, 0) is 74.9 Å². The van der Waals surface area contributed by atoms with Crippen LogP contribution in [0.25, 0.3) is 11.0 Å². The van der Waals surface area contributed by atoms with Gasteiger partial charge in [-0.25, -0.2) is 4.98 Å². The van der Waals surface area contributed by atoms with E-state index in [1.165, 1.54) is 11.1 Å². The molecule has 0 aliphatic heterocycles. The molecule has 0 fully saturated rings. The standard InChI is InChI=1S/C30H35N3O2/c1-21-12-5-6-15-25(21)20-28(34)31-24(4)30-32-26-16-7-8-17-27(26)33(30)18-9-10-19-35-29-22(2)13-11-14-23(29)3/h5-8,11-17,24H,9-10,18-20H2,1-4H3,(H,31,34). The highest BCUT2D eigenvalue weighted by Gasteiger charge is 2.18. The molecule has 0 bridgehead atoms. The zero-order chi connectivity index (χ0) is 24.8. The normalized spacial score (nSPS) is 12.0. The molecule has 0 aliphatic rings. The summed E-state index contributed by atoms with van der Waals surface area (Å²) in [5, 5.41) is 3.16. The van der Waals surface area contributed by atoms with Gasteiger partial charge in [0.1, 0.15) is 11.6 Å². The van der Waals surface area contributed by atoms with Crippen molar-refractivity contribution in [1.29, 1.82) is 0 Å². The van der Waals surface area contributed by atoms with E-state index in [0.29, 0.717) is 13.0 Å². The Bertz CT molecular complexity index is 1290. The molecule has 4 rings (SSSR count). The summed E-state index contributed by atoms with van der Waals surface area (Å²) in [4.78, 5) is 17.7. The maximum Gasteiger partial charge on any atom is 0.225 e. The first kappa shape index (κ1) is 24.5. The maximum atomic E-state index is 12.8. The van der Waals surface area contributed by atoms with Gasteiger partial charge in [-0.3, -0.25) is 4.79 Å². The van der Waals surface area contributed by atoms with E-state index in [0.717, 1.165) is 53.1 Å². The topological polar surface area (TPSA) is 56.2 Å². The minimum atomic E-state index is -0.190. The molecule has 182 valence electrons. The minimum absolute atomic E-state index is 0.00686. The van der Waals surface area contributed by atoms with Gasteiger partial charge in [0.15, 0.2) is 0 Å². The Morgan fingerprint density at radius 1 is 0.914 bits per heavy atom. The van der Waals surface area contributed by atoms with E-state index in [1.807, 2.05) is 56.3 Å². The molecule has 5 nitrogen and oxygen atoms in total. The van der Waals surface area contributed by atoms with Gasteiger partial charge in [-0.15, -0.1) is 0 Å². The van der Waals surface area contributed by atoms with Crippen LogP contribution in [0.2, 0.25) is 0 Å². The number of hydrogen-bond acceptors (Lipinski definition) is 3. The molecule has 3 aromatic carbocycles. The second-order valence-corrected chi connectivity index (χ2v) is 9.28. The number of benzene rings is 3. The van der Waals surface area contributed by atoms with Gasteiger partial charge >= 0.3 is 0 Å². The van der Waals surface area contributed by atoms with Crippen molar-refractivity contribution in [2.24, 2.45) is 0 Å². The lowest BCUT2D eigenvalue weighted by Gasteiger charge is -2.17. The average molecular weight is 470 g/mol. The number of amides is 1. The van der Waals surface area contributed by atoms with Crippen LogP contribution in [0.4, 0.5) is 0 Å². The number of aromatic nitrogens is 2. The summed E-state index contributed by atoms with van der Waals surface area (Å²) >= 11 is 0. The van der Waals surface area contributed by atoms with Gasteiger partial charge in [-0.1, -0.05) is 54.6 Å². The minimum Gasteiger partial charge on any atom is -0.493 e. The summed E-state index contributed by atoms with van der Waals surface area (Å²) in [5.41, 5.74) is 6.57. The molecular formula is C30H35N3O2. The van der Waals surface area contributed by atoms with Crippen LogP contribution in [0.1, 0.15) is 53.9 Å². The predicted octanol–water partition coefficient (Wildman–Crippen LogP) is 6.24. The lowest BCUT2D eigenvalue weighted by atomic mass is 10.1. The van der Waals surface area contributed by atoms with Gasteiger partial charge in [-0.2, -0.15) is 0 Å². The fraction of sp³-hybridized carbons (Fsp3) is 0.333. The number of nitrogens with zero attached hydrogens (tertiary/aromatic N) is 2. The van der Waals surface area contributed by atoms with Crippen LogP contribution in [0.5, 0.6) is 5.75 Å². The number of rotatable bonds is 10. The highest BCUT2D eigenvalue weighted by atomic mass is 16.5. The quantitative estimate of drug-likeness (QED) is 0.280. The zero-order valence-corrected chi connectivity index (χ0v) is 21.2. The Hall–Kier alpha value is -3.60. The van der Waals surface area contributed by atoms with E-state index in [1.54, 1.807) is 0 Å². The first-order valence-electron chi connectivity index (χ1n) is 12.4. The lowest BCUT2D eigenvalue weighted by molar-refractivity contribution is -0.121. The summed E-state index contributed by atoms with van der Waals surface area (Å²) in [5.74, 6) is 1.89. The largest absolute Gasteiger partial charge is 0.493 e. The number of hydrogen-bond donors (Lipinski definition) is 1. The average Bonchev–Trinajstić information content (AvgIpc) is 3.21. The molecule has 0 aliphatic carbocycles. The van der Waals surface area contributed by atoms with E-state index in [2.05, 4.69) is 48.0 Å². The first-order chi connectivity index (χ1) is 16.9. The van der Waals surface area contributed by atoms with Crippen LogP contribution < -0.4 is 10.1 Å². The number of carbonyl (C=O) groups excluding carboxylic acids is 1. The second-order valence-electron chi connectivity index (χ2n) is 9.28. The van der Waals surface area contributed by atoms with Crippen LogP contribution in [0.15, 0.2) is 66.7 Å². The monoisotopic (exact) mass is 469 g/mol. The molecule has 0 saturated heterocycles. The summed E-state index contributed by atoms with van der Waals surface area (Å²) in [6.45, 7) is 9.72. The Kier molecular flexibility index (Phi) is 7.86. The number of aryl methyl sites for hydroxylation is 4. The molecule has 35 heavy (non-hydrogen) atoms. The van der Waals surface area contributed by atoms with E-state index >= 15 is 0 Å². The third-order valence-electron chi connectivity index (χ3n) is 6.49. The third kappa shape index (κ3) is 5.91. The van der Waals surface area contributed by atoms with Gasteiger partial charge < -0.3 is 14.6 Å². The van der Waals surface area contributed by atoms with Crippen molar-refractivity contribution < 1.29 is 9.53 Å². The smallest absolute Gasteiger partial charge is 0.225 e. The highest BCUT2D eigenvalue weighted by molar-refractivity contribution is 5.80. The molecule has 5 heteroatoms. The lowest BCUT2D eigenvalue weighted by Crippen LogP contribution is -2.30. The molecule has 1 heterocycles. The summed E-state index contributed by atoms with van der Waals surface area (Å²) in [6.07, 6.45) is 2.27. The van der Waals surface area contributed by atoms with Crippen molar-refractivity contribution >= 4 is 16.9 Å². The number of fused-ring (bicyclic) bond motifs is 1. The number of unbranched alkanes of at least 4 members (excludes halogenated alkanes) is 1. The molecule has 1 aromatic heterocycles. The molecule has 4 aromatic rings. The number of carbonyl (C=O) groups is 1. The Balaban J connectivity index is 1.41. The molecule has 1 N–H and O–H groups in total. The van der Waals surface area contributed by atoms with Crippen LogP contribution in [0, 0.1) is 20.8 Å². The number of nitrogens with one attached hydrogen (secondary N) is 1. The van der Waals surface area contributed by atoms with Crippen LogP contribution in [0.3, 0.4) is 0 Å². The molecule has 0 spiro atoms. The predicted molar refractivity (Wildman–Crippen MR) is 142 cm³/mol. The molecular weight excluding hydrogens is 434 g/mol. The molecule has 0 radical (unpaired) electrons. The molecule has 0 saturated carbocycles. The number of ether oxygens (including phenoxy) is 1. The first-order valence-corrected chi connectivity index (χ1v) is 12.4. The molecule has 1 unspecified atom stereocenters. The van der Waals surface area contributed by atoms with E-state index in [-0.39, 0.29) is 11.9 Å². The van der Waals surface area contributed by atoms with Crippen molar-refractivity contribution in [3.8, 4) is 5.75 Å². The zero-order valence-electron chi connectivity index (χ0n) is 21.2. The van der Waals surface area contributed by atoms with Gasteiger partial charge in [0.2, 0.25) is 5.91 Å².